The number of hydrogen-bond acceptors (Lipinski definition) is 7. The minimum atomic E-state index is -0.915. The van der Waals surface area contributed by atoms with Crippen LogP contribution in [0.2, 0.25) is 0 Å². The van der Waals surface area contributed by atoms with Crippen LogP contribution in [0.4, 0.5) is 4.79 Å². The third-order valence-electron chi connectivity index (χ3n) is 5.56. The molecule has 174 valence electrons. The quantitative estimate of drug-likeness (QED) is 0.508. The molecule has 1 aromatic carbocycles. The summed E-state index contributed by atoms with van der Waals surface area (Å²) in [5, 5.41) is 2.73. The van der Waals surface area contributed by atoms with Crippen molar-refractivity contribution in [3.05, 3.63) is 48.0 Å². The van der Waals surface area contributed by atoms with E-state index in [4.69, 9.17) is 18.9 Å². The molecule has 1 fully saturated rings. The zero-order valence-electron chi connectivity index (χ0n) is 18.9. The summed E-state index contributed by atoms with van der Waals surface area (Å²) in [4.78, 5) is 38.7. The number of rotatable bonds is 7. The normalized spacial score (nSPS) is 28.7. The summed E-state index contributed by atoms with van der Waals surface area (Å²) in [5.74, 6) is -3.31. The van der Waals surface area contributed by atoms with Crippen LogP contribution in [-0.4, -0.2) is 48.5 Å². The van der Waals surface area contributed by atoms with E-state index < -0.39 is 47.9 Å². The topological polar surface area (TPSA) is 100 Å². The molecule has 0 radical (unpaired) electrons. The van der Waals surface area contributed by atoms with Crippen molar-refractivity contribution in [2.24, 2.45) is 11.8 Å². The van der Waals surface area contributed by atoms with E-state index in [0.29, 0.717) is 6.42 Å². The van der Waals surface area contributed by atoms with Gasteiger partial charge in [-0.1, -0.05) is 42.5 Å². The van der Waals surface area contributed by atoms with Crippen molar-refractivity contribution in [3.63, 3.8) is 0 Å². The van der Waals surface area contributed by atoms with Crippen LogP contribution in [0.25, 0.3) is 0 Å². The van der Waals surface area contributed by atoms with E-state index in [-0.39, 0.29) is 19.0 Å². The second-order valence-corrected chi connectivity index (χ2v) is 8.44. The van der Waals surface area contributed by atoms with Gasteiger partial charge in [0.15, 0.2) is 11.6 Å². The summed E-state index contributed by atoms with van der Waals surface area (Å²) in [6, 6.07) is 8.53. The first-order valence-electron chi connectivity index (χ1n) is 10.9. The zero-order valence-corrected chi connectivity index (χ0v) is 18.9. The van der Waals surface area contributed by atoms with E-state index in [1.807, 2.05) is 30.3 Å². The van der Waals surface area contributed by atoms with Gasteiger partial charge in [-0.05, 0) is 39.7 Å². The van der Waals surface area contributed by atoms with Crippen molar-refractivity contribution in [1.29, 1.82) is 0 Å². The molecule has 1 heterocycles. The molecule has 1 saturated heterocycles. The van der Waals surface area contributed by atoms with E-state index in [2.05, 4.69) is 5.32 Å². The second kappa shape index (κ2) is 10.3. The van der Waals surface area contributed by atoms with Gasteiger partial charge in [0.2, 0.25) is 0 Å². The fourth-order valence-corrected chi connectivity index (χ4v) is 4.21. The largest absolute Gasteiger partial charge is 0.466 e. The van der Waals surface area contributed by atoms with Crippen molar-refractivity contribution in [2.45, 2.75) is 64.8 Å². The Morgan fingerprint density at radius 3 is 2.47 bits per heavy atom. The fourth-order valence-electron chi connectivity index (χ4n) is 4.21. The minimum absolute atomic E-state index is 0.0911. The first-order valence-corrected chi connectivity index (χ1v) is 10.9. The first kappa shape index (κ1) is 23.9. The molecule has 0 unspecified atom stereocenters. The lowest BCUT2D eigenvalue weighted by Crippen LogP contribution is -2.52. The molecule has 1 aliphatic heterocycles. The Bertz CT molecular complexity index is 851. The molecule has 32 heavy (non-hydrogen) atoms. The van der Waals surface area contributed by atoms with Gasteiger partial charge in [-0.15, -0.1) is 0 Å². The number of alkyl carbamates (subject to hydrolysis) is 1. The summed E-state index contributed by atoms with van der Waals surface area (Å²) in [5.41, 5.74) is 0.839. The summed E-state index contributed by atoms with van der Waals surface area (Å²) in [6.07, 6.45) is 1.79. The Hall–Kier alpha value is -2.71. The highest BCUT2D eigenvalue weighted by molar-refractivity contribution is 5.92. The van der Waals surface area contributed by atoms with E-state index in [0.717, 1.165) is 5.56 Å². The molecule has 8 heteroatoms. The van der Waals surface area contributed by atoms with Gasteiger partial charge in [0.05, 0.1) is 30.6 Å². The van der Waals surface area contributed by atoms with Gasteiger partial charge in [-0.25, -0.2) is 4.79 Å². The number of amides is 1. The third kappa shape index (κ3) is 5.75. The van der Waals surface area contributed by atoms with Crippen molar-refractivity contribution in [1.82, 2.24) is 5.32 Å². The summed E-state index contributed by atoms with van der Waals surface area (Å²) >= 11 is 0. The maximum absolute atomic E-state index is 13.6. The van der Waals surface area contributed by atoms with E-state index in [1.54, 1.807) is 39.8 Å². The van der Waals surface area contributed by atoms with Crippen LogP contribution in [0.15, 0.2) is 42.5 Å². The summed E-state index contributed by atoms with van der Waals surface area (Å²) in [6.45, 7) is 7.22. The van der Waals surface area contributed by atoms with Gasteiger partial charge in [0.1, 0.15) is 12.7 Å². The van der Waals surface area contributed by atoms with E-state index >= 15 is 0 Å². The molecule has 5 atom stereocenters. The number of benzene rings is 1. The Morgan fingerprint density at radius 2 is 1.84 bits per heavy atom. The number of hydrogen-bond donors (Lipinski definition) is 1. The lowest BCUT2D eigenvalue weighted by atomic mass is 9.75. The maximum atomic E-state index is 13.6. The highest BCUT2D eigenvalue weighted by Crippen LogP contribution is 2.35. The molecule has 1 N–H and O–H groups in total. The van der Waals surface area contributed by atoms with Crippen molar-refractivity contribution >= 4 is 17.8 Å². The zero-order chi connectivity index (χ0) is 23.3. The number of carbonyl (C=O) groups is 3. The van der Waals surface area contributed by atoms with Gasteiger partial charge in [-0.3, -0.25) is 9.59 Å². The highest BCUT2D eigenvalue weighted by Gasteiger charge is 2.50. The average molecular weight is 446 g/mol. The SMILES string of the molecule is CCOC(=O)[C@H]1CC=C[C@H](NC(=O)OCc2ccccc2)[C@@H]1C(=O)[C@@H]1OC(C)(C)O[C@H]1C. The average Bonchev–Trinajstić information content (AvgIpc) is 3.04. The number of allylic oxidation sites excluding steroid dienone is 1. The van der Waals surface area contributed by atoms with Crippen LogP contribution in [0.3, 0.4) is 0 Å². The lowest BCUT2D eigenvalue weighted by molar-refractivity contribution is -0.161. The van der Waals surface area contributed by atoms with Crippen molar-refractivity contribution < 1.29 is 33.3 Å². The Balaban J connectivity index is 1.76. The number of Topliss-reactive ketones (excluding diaryl/α,β-unsaturated/α-hetero) is 1. The standard InChI is InChI=1S/C24H31NO7/c1-5-29-22(27)17-12-9-13-18(25-23(28)30-14-16-10-7-6-8-11-16)19(17)20(26)21-15(2)31-24(3,4)32-21/h6-11,13,15,17-19,21H,5,12,14H2,1-4H3,(H,25,28)/t15-,17-,18-,19+,21+/m0/s1. The molecule has 8 nitrogen and oxygen atoms in total. The van der Waals surface area contributed by atoms with Crippen LogP contribution < -0.4 is 5.32 Å². The lowest BCUT2D eigenvalue weighted by Gasteiger charge is -2.34. The molecule has 0 spiro atoms. The molecule has 1 amide bonds. The van der Waals surface area contributed by atoms with Crippen LogP contribution >= 0.6 is 0 Å². The fraction of sp³-hybridized carbons (Fsp3) is 0.542. The molecule has 0 aromatic heterocycles. The monoisotopic (exact) mass is 445 g/mol. The maximum Gasteiger partial charge on any atom is 0.407 e. The second-order valence-electron chi connectivity index (χ2n) is 8.44. The molecular formula is C24H31NO7. The number of esters is 1. The molecular weight excluding hydrogens is 414 g/mol. The van der Waals surface area contributed by atoms with Gasteiger partial charge in [-0.2, -0.15) is 0 Å². The Morgan fingerprint density at radius 1 is 1.12 bits per heavy atom. The molecule has 1 aromatic rings. The number of nitrogens with one attached hydrogen (secondary N) is 1. The van der Waals surface area contributed by atoms with Gasteiger partial charge < -0.3 is 24.3 Å². The van der Waals surface area contributed by atoms with Crippen LogP contribution in [0, 0.1) is 11.8 Å². The molecule has 0 bridgehead atoms. The van der Waals surface area contributed by atoms with E-state index in [9.17, 15) is 14.4 Å². The summed E-state index contributed by atoms with van der Waals surface area (Å²) in [7, 11) is 0. The smallest absolute Gasteiger partial charge is 0.407 e. The minimum Gasteiger partial charge on any atom is -0.466 e. The molecule has 0 saturated carbocycles. The van der Waals surface area contributed by atoms with E-state index in [1.165, 1.54) is 0 Å². The van der Waals surface area contributed by atoms with Crippen molar-refractivity contribution in [3.8, 4) is 0 Å². The number of carbonyl (C=O) groups excluding carboxylic acids is 3. The van der Waals surface area contributed by atoms with Gasteiger partial charge in [0.25, 0.3) is 0 Å². The number of ketones is 1. The highest BCUT2D eigenvalue weighted by atomic mass is 16.8. The van der Waals surface area contributed by atoms with Gasteiger partial charge >= 0.3 is 12.1 Å². The predicted octanol–water partition coefficient (Wildman–Crippen LogP) is 3.15. The van der Waals surface area contributed by atoms with Crippen LogP contribution in [0.1, 0.15) is 39.7 Å². The van der Waals surface area contributed by atoms with Crippen LogP contribution in [0.5, 0.6) is 0 Å². The molecule has 2 aliphatic rings. The Kier molecular flexibility index (Phi) is 7.69. The predicted molar refractivity (Wildman–Crippen MR) is 115 cm³/mol. The third-order valence-corrected chi connectivity index (χ3v) is 5.56. The van der Waals surface area contributed by atoms with Crippen LogP contribution in [-0.2, 0) is 35.1 Å². The number of ether oxygens (including phenoxy) is 4. The first-order chi connectivity index (χ1) is 15.2. The van der Waals surface area contributed by atoms with Gasteiger partial charge in [0, 0.05) is 0 Å². The van der Waals surface area contributed by atoms with Crippen molar-refractivity contribution in [2.75, 3.05) is 6.61 Å². The Labute approximate surface area is 188 Å². The molecule has 3 rings (SSSR count). The molecule has 1 aliphatic carbocycles. The summed E-state index contributed by atoms with van der Waals surface area (Å²) < 4.78 is 22.1.